The van der Waals surface area contributed by atoms with Gasteiger partial charge in [-0.1, -0.05) is 19.3 Å². The fourth-order valence-electron chi connectivity index (χ4n) is 4.71. The highest BCUT2D eigenvalue weighted by Crippen LogP contribution is 2.39. The standard InChI is InChI=1S/C18H32N2O3/c1-22-17(21)16-5-8-20(13-16)15-18(6-3-2-4-7-18)14-19-9-11-23-12-10-19/h16H,2-15H2,1H3/t16-/m1/s1. The van der Waals surface area contributed by atoms with Crippen LogP contribution >= 0.6 is 0 Å². The first-order valence-corrected chi connectivity index (χ1v) is 9.31. The third-order valence-electron chi connectivity index (χ3n) is 5.94. The van der Waals surface area contributed by atoms with Crippen molar-refractivity contribution >= 4 is 5.97 Å². The minimum absolute atomic E-state index is 0.0293. The van der Waals surface area contributed by atoms with Gasteiger partial charge in [0.15, 0.2) is 0 Å². The molecule has 0 amide bonds. The third kappa shape index (κ3) is 4.46. The number of carbonyl (C=O) groups excluding carboxylic acids is 1. The molecule has 3 rings (SSSR count). The molecule has 5 nitrogen and oxygen atoms in total. The van der Waals surface area contributed by atoms with E-state index < -0.39 is 0 Å². The molecule has 0 bridgehead atoms. The van der Waals surface area contributed by atoms with Crippen molar-refractivity contribution in [3.05, 3.63) is 0 Å². The monoisotopic (exact) mass is 324 g/mol. The molecule has 2 heterocycles. The lowest BCUT2D eigenvalue weighted by Gasteiger charge is -2.44. The number of carbonyl (C=O) groups is 1. The van der Waals surface area contributed by atoms with Crippen LogP contribution < -0.4 is 0 Å². The van der Waals surface area contributed by atoms with Gasteiger partial charge >= 0.3 is 5.97 Å². The number of morpholine rings is 1. The molecule has 1 aliphatic carbocycles. The van der Waals surface area contributed by atoms with Crippen LogP contribution in [-0.4, -0.2) is 75.4 Å². The summed E-state index contributed by atoms with van der Waals surface area (Å²) in [5.74, 6) is 0.0578. The summed E-state index contributed by atoms with van der Waals surface area (Å²) in [6.45, 7) is 8.20. The van der Waals surface area contributed by atoms with Crippen molar-refractivity contribution in [2.45, 2.75) is 38.5 Å². The van der Waals surface area contributed by atoms with Crippen molar-refractivity contribution in [3.63, 3.8) is 0 Å². The minimum Gasteiger partial charge on any atom is -0.469 e. The Labute approximate surface area is 140 Å². The zero-order valence-electron chi connectivity index (χ0n) is 14.6. The lowest BCUT2D eigenvalue weighted by molar-refractivity contribution is -0.145. The molecule has 1 saturated carbocycles. The number of methoxy groups -OCH3 is 1. The number of ether oxygens (including phenoxy) is 2. The Hall–Kier alpha value is -0.650. The summed E-state index contributed by atoms with van der Waals surface area (Å²) in [5.41, 5.74) is 0.417. The van der Waals surface area contributed by atoms with Crippen LogP contribution in [0.4, 0.5) is 0 Å². The van der Waals surface area contributed by atoms with Gasteiger partial charge in [0.05, 0.1) is 26.2 Å². The van der Waals surface area contributed by atoms with Gasteiger partial charge in [-0.2, -0.15) is 0 Å². The third-order valence-corrected chi connectivity index (χ3v) is 5.94. The Balaban J connectivity index is 1.59. The summed E-state index contributed by atoms with van der Waals surface area (Å²) >= 11 is 0. The molecule has 0 aromatic rings. The highest BCUT2D eigenvalue weighted by molar-refractivity contribution is 5.72. The number of hydrogen-bond donors (Lipinski definition) is 0. The van der Waals surface area contributed by atoms with Crippen LogP contribution in [0.15, 0.2) is 0 Å². The summed E-state index contributed by atoms with van der Waals surface area (Å²) in [7, 11) is 1.51. The first-order valence-electron chi connectivity index (χ1n) is 9.31. The molecule has 0 radical (unpaired) electrons. The van der Waals surface area contributed by atoms with Crippen LogP contribution in [0.25, 0.3) is 0 Å². The van der Waals surface area contributed by atoms with Crippen molar-refractivity contribution in [2.75, 3.05) is 59.6 Å². The fraction of sp³-hybridized carbons (Fsp3) is 0.944. The van der Waals surface area contributed by atoms with E-state index in [0.717, 1.165) is 52.4 Å². The van der Waals surface area contributed by atoms with Crippen molar-refractivity contribution in [1.29, 1.82) is 0 Å². The highest BCUT2D eigenvalue weighted by atomic mass is 16.5. The van der Waals surface area contributed by atoms with E-state index in [2.05, 4.69) is 9.80 Å². The van der Waals surface area contributed by atoms with Crippen LogP contribution in [-0.2, 0) is 14.3 Å². The van der Waals surface area contributed by atoms with E-state index >= 15 is 0 Å². The average Bonchev–Trinajstić information content (AvgIpc) is 3.04. The van der Waals surface area contributed by atoms with Crippen molar-refractivity contribution in [2.24, 2.45) is 11.3 Å². The van der Waals surface area contributed by atoms with E-state index in [1.54, 1.807) is 0 Å². The van der Waals surface area contributed by atoms with E-state index in [1.807, 2.05) is 0 Å². The second-order valence-electron chi connectivity index (χ2n) is 7.69. The molecular weight excluding hydrogens is 292 g/mol. The van der Waals surface area contributed by atoms with Gasteiger partial charge in [-0.15, -0.1) is 0 Å². The number of hydrogen-bond acceptors (Lipinski definition) is 5. The van der Waals surface area contributed by atoms with Crippen LogP contribution in [0.5, 0.6) is 0 Å². The van der Waals surface area contributed by atoms with Gasteiger partial charge in [-0.05, 0) is 31.2 Å². The van der Waals surface area contributed by atoms with Crippen molar-refractivity contribution in [3.8, 4) is 0 Å². The summed E-state index contributed by atoms with van der Waals surface area (Å²) in [6, 6.07) is 0. The first kappa shape index (κ1) is 17.2. The van der Waals surface area contributed by atoms with E-state index in [1.165, 1.54) is 45.8 Å². The Morgan fingerprint density at radius 2 is 1.78 bits per heavy atom. The van der Waals surface area contributed by atoms with Gasteiger partial charge in [0.1, 0.15) is 0 Å². The predicted octanol–water partition coefficient (Wildman–Crippen LogP) is 1.76. The van der Waals surface area contributed by atoms with Crippen LogP contribution in [0.1, 0.15) is 38.5 Å². The lowest BCUT2D eigenvalue weighted by Crippen LogP contribution is -2.49. The summed E-state index contributed by atoms with van der Waals surface area (Å²) in [4.78, 5) is 16.9. The first-order chi connectivity index (χ1) is 11.2. The number of nitrogens with zero attached hydrogens (tertiary/aromatic N) is 2. The Morgan fingerprint density at radius 3 is 2.48 bits per heavy atom. The quantitative estimate of drug-likeness (QED) is 0.721. The molecular formula is C18H32N2O3. The lowest BCUT2D eigenvalue weighted by atomic mass is 9.73. The fourth-order valence-corrected chi connectivity index (χ4v) is 4.71. The van der Waals surface area contributed by atoms with E-state index in [0.29, 0.717) is 5.41 Å². The molecule has 0 spiro atoms. The maximum Gasteiger partial charge on any atom is 0.310 e. The molecule has 1 atom stereocenters. The van der Waals surface area contributed by atoms with Gasteiger partial charge in [0.25, 0.3) is 0 Å². The largest absolute Gasteiger partial charge is 0.469 e. The van der Waals surface area contributed by atoms with Gasteiger partial charge in [0, 0.05) is 32.7 Å². The highest BCUT2D eigenvalue weighted by Gasteiger charge is 2.38. The Morgan fingerprint density at radius 1 is 1.09 bits per heavy atom. The van der Waals surface area contributed by atoms with Gasteiger partial charge in [-0.3, -0.25) is 9.69 Å². The summed E-state index contributed by atoms with van der Waals surface area (Å²) in [5, 5.41) is 0. The molecule has 132 valence electrons. The van der Waals surface area contributed by atoms with Crippen LogP contribution in [0.2, 0.25) is 0 Å². The molecule has 3 fully saturated rings. The molecule has 0 aromatic heterocycles. The molecule has 2 saturated heterocycles. The second-order valence-corrected chi connectivity index (χ2v) is 7.69. The molecule has 23 heavy (non-hydrogen) atoms. The molecule has 0 unspecified atom stereocenters. The summed E-state index contributed by atoms with van der Waals surface area (Å²) in [6.07, 6.45) is 7.74. The van der Waals surface area contributed by atoms with Crippen LogP contribution in [0.3, 0.4) is 0 Å². The smallest absolute Gasteiger partial charge is 0.310 e. The molecule has 3 aliphatic rings. The Bertz CT molecular complexity index is 390. The topological polar surface area (TPSA) is 42.0 Å². The summed E-state index contributed by atoms with van der Waals surface area (Å²) < 4.78 is 10.4. The molecule has 2 aliphatic heterocycles. The second kappa shape index (κ2) is 7.95. The minimum atomic E-state index is -0.0293. The zero-order valence-corrected chi connectivity index (χ0v) is 14.6. The SMILES string of the molecule is COC(=O)[C@@H]1CCN(CC2(CN3CCOCC3)CCCCC2)C1. The van der Waals surface area contributed by atoms with Gasteiger partial charge in [-0.25, -0.2) is 0 Å². The van der Waals surface area contributed by atoms with Gasteiger partial charge < -0.3 is 14.4 Å². The van der Waals surface area contributed by atoms with E-state index in [4.69, 9.17) is 9.47 Å². The van der Waals surface area contributed by atoms with Gasteiger partial charge in [0.2, 0.25) is 0 Å². The maximum absolute atomic E-state index is 11.8. The average molecular weight is 324 g/mol. The molecule has 5 heteroatoms. The molecule has 0 N–H and O–H groups in total. The van der Waals surface area contributed by atoms with E-state index in [-0.39, 0.29) is 11.9 Å². The Kier molecular flexibility index (Phi) is 5.94. The van der Waals surface area contributed by atoms with Crippen LogP contribution in [0, 0.1) is 11.3 Å². The number of likely N-dealkylation sites (tertiary alicyclic amines) is 1. The predicted molar refractivity (Wildman–Crippen MR) is 89.3 cm³/mol. The number of rotatable bonds is 5. The van der Waals surface area contributed by atoms with Crippen molar-refractivity contribution < 1.29 is 14.3 Å². The molecule has 0 aromatic carbocycles. The normalized spacial score (nSPS) is 29.5. The maximum atomic E-state index is 11.8. The van der Waals surface area contributed by atoms with Crippen molar-refractivity contribution in [1.82, 2.24) is 9.80 Å². The zero-order chi connectivity index (χ0) is 16.1. The van der Waals surface area contributed by atoms with E-state index in [9.17, 15) is 4.79 Å². The number of esters is 1.